The van der Waals surface area contributed by atoms with Crippen LogP contribution < -0.4 is 11.1 Å². The van der Waals surface area contributed by atoms with Gasteiger partial charge in [-0.25, -0.2) is 4.98 Å². The summed E-state index contributed by atoms with van der Waals surface area (Å²) >= 11 is 6.00. The summed E-state index contributed by atoms with van der Waals surface area (Å²) in [6, 6.07) is 3.40. The number of pyridine rings is 1. The number of nitrogens with two attached hydrogens (primary N) is 1. The van der Waals surface area contributed by atoms with Gasteiger partial charge >= 0.3 is 0 Å². The molecule has 104 valence electrons. The summed E-state index contributed by atoms with van der Waals surface area (Å²) in [7, 11) is 0. The van der Waals surface area contributed by atoms with Gasteiger partial charge in [0.1, 0.15) is 11.5 Å². The average Bonchev–Trinajstić information content (AvgIpc) is 2.58. The quantitative estimate of drug-likeness (QED) is 0.819. The minimum atomic E-state index is -0.226. The van der Waals surface area contributed by atoms with Gasteiger partial charge in [0.15, 0.2) is 0 Å². The van der Waals surface area contributed by atoms with E-state index in [1.807, 2.05) is 0 Å². The molecule has 2 unspecified atom stereocenters. The third-order valence-corrected chi connectivity index (χ3v) is 4.07. The average molecular weight is 282 g/mol. The van der Waals surface area contributed by atoms with E-state index < -0.39 is 0 Å². The van der Waals surface area contributed by atoms with Crippen molar-refractivity contribution in [1.82, 2.24) is 10.3 Å². The molecule has 1 aromatic rings. The summed E-state index contributed by atoms with van der Waals surface area (Å²) < 4.78 is 0. The number of amides is 1. The molecule has 4 nitrogen and oxygen atoms in total. The Labute approximate surface area is 118 Å². The van der Waals surface area contributed by atoms with Crippen molar-refractivity contribution in [2.75, 3.05) is 5.73 Å². The molecule has 3 N–H and O–H groups in total. The number of nitrogens with zero attached hydrogens (tertiary/aromatic N) is 1. The summed E-state index contributed by atoms with van der Waals surface area (Å²) in [5, 5.41) is 3.39. The minimum absolute atomic E-state index is 0.203. The third kappa shape index (κ3) is 3.60. The van der Waals surface area contributed by atoms with E-state index in [1.54, 1.807) is 12.1 Å². The van der Waals surface area contributed by atoms with Crippen LogP contribution in [0.15, 0.2) is 12.1 Å². The Morgan fingerprint density at radius 2 is 2.11 bits per heavy atom. The molecule has 1 heterocycles. The van der Waals surface area contributed by atoms with Crippen LogP contribution in [0.2, 0.25) is 5.02 Å². The van der Waals surface area contributed by atoms with Gasteiger partial charge in [0.25, 0.3) is 5.91 Å². The maximum Gasteiger partial charge on any atom is 0.271 e. The fourth-order valence-electron chi connectivity index (χ4n) is 2.56. The maximum atomic E-state index is 12.2. The Bertz CT molecular complexity index is 464. The Kier molecular flexibility index (Phi) is 4.64. The van der Waals surface area contributed by atoms with Crippen LogP contribution in [0.3, 0.4) is 0 Å². The highest BCUT2D eigenvalue weighted by Crippen LogP contribution is 2.24. The summed E-state index contributed by atoms with van der Waals surface area (Å²) in [4.78, 5) is 16.3. The molecule has 2 rings (SSSR count). The number of hydrogen-bond acceptors (Lipinski definition) is 3. The zero-order valence-electron chi connectivity index (χ0n) is 11.2. The number of halogens is 1. The van der Waals surface area contributed by atoms with E-state index in [0.717, 1.165) is 19.3 Å². The standard InChI is InChI=1S/C14H20ClN3O/c1-9-5-3-2-4-6-11(9)17-14(19)13-10(15)7-8-12(16)18-13/h7-9,11H,2-6H2,1H3,(H2,16,18)(H,17,19). The number of anilines is 1. The Morgan fingerprint density at radius 1 is 1.37 bits per heavy atom. The van der Waals surface area contributed by atoms with Crippen molar-refractivity contribution in [3.63, 3.8) is 0 Å². The van der Waals surface area contributed by atoms with Crippen molar-refractivity contribution in [1.29, 1.82) is 0 Å². The molecule has 1 aromatic heterocycles. The van der Waals surface area contributed by atoms with Gasteiger partial charge in [0.05, 0.1) is 5.02 Å². The van der Waals surface area contributed by atoms with Gasteiger partial charge in [-0.1, -0.05) is 37.8 Å². The fourth-order valence-corrected chi connectivity index (χ4v) is 2.75. The highest BCUT2D eigenvalue weighted by Gasteiger charge is 2.23. The van der Waals surface area contributed by atoms with Crippen LogP contribution >= 0.6 is 11.6 Å². The molecular formula is C14H20ClN3O. The van der Waals surface area contributed by atoms with Gasteiger partial charge in [0, 0.05) is 6.04 Å². The van der Waals surface area contributed by atoms with Crippen molar-refractivity contribution >= 4 is 23.3 Å². The molecule has 5 heteroatoms. The van der Waals surface area contributed by atoms with Crippen molar-refractivity contribution in [3.8, 4) is 0 Å². The van der Waals surface area contributed by atoms with Gasteiger partial charge < -0.3 is 11.1 Å². The molecule has 1 saturated carbocycles. The number of nitrogen functional groups attached to an aromatic ring is 1. The highest BCUT2D eigenvalue weighted by molar-refractivity contribution is 6.33. The van der Waals surface area contributed by atoms with E-state index in [4.69, 9.17) is 17.3 Å². The zero-order valence-corrected chi connectivity index (χ0v) is 11.9. The first-order valence-corrected chi connectivity index (χ1v) is 7.18. The van der Waals surface area contributed by atoms with Crippen molar-refractivity contribution < 1.29 is 4.79 Å². The van der Waals surface area contributed by atoms with Gasteiger partial charge in [-0.05, 0) is 30.9 Å². The van der Waals surface area contributed by atoms with Crippen LogP contribution in [0.25, 0.3) is 0 Å². The number of nitrogens with one attached hydrogen (secondary N) is 1. The second kappa shape index (κ2) is 6.24. The van der Waals surface area contributed by atoms with Gasteiger partial charge in [0.2, 0.25) is 0 Å². The lowest BCUT2D eigenvalue weighted by molar-refractivity contribution is 0.0917. The molecule has 0 aliphatic heterocycles. The molecule has 1 fully saturated rings. The van der Waals surface area contributed by atoms with E-state index in [9.17, 15) is 4.79 Å². The fraction of sp³-hybridized carbons (Fsp3) is 0.571. The maximum absolute atomic E-state index is 12.2. The summed E-state index contributed by atoms with van der Waals surface area (Å²) in [6.07, 6.45) is 5.82. The van der Waals surface area contributed by atoms with E-state index in [-0.39, 0.29) is 17.6 Å². The largest absolute Gasteiger partial charge is 0.384 e. The summed E-state index contributed by atoms with van der Waals surface area (Å²) in [6.45, 7) is 2.19. The second-order valence-electron chi connectivity index (χ2n) is 5.26. The molecule has 1 aliphatic carbocycles. The predicted molar refractivity (Wildman–Crippen MR) is 77.2 cm³/mol. The zero-order chi connectivity index (χ0) is 13.8. The van der Waals surface area contributed by atoms with Gasteiger partial charge in [-0.3, -0.25) is 4.79 Å². The molecule has 0 spiro atoms. The Morgan fingerprint density at radius 3 is 2.89 bits per heavy atom. The van der Waals surface area contributed by atoms with Crippen LogP contribution in [-0.2, 0) is 0 Å². The van der Waals surface area contributed by atoms with E-state index >= 15 is 0 Å². The molecular weight excluding hydrogens is 262 g/mol. The Balaban J connectivity index is 2.09. The number of rotatable bonds is 2. The number of aromatic nitrogens is 1. The molecule has 0 bridgehead atoms. The van der Waals surface area contributed by atoms with Gasteiger partial charge in [-0.15, -0.1) is 0 Å². The van der Waals surface area contributed by atoms with E-state index in [0.29, 0.717) is 16.8 Å². The van der Waals surface area contributed by atoms with Crippen LogP contribution in [-0.4, -0.2) is 16.9 Å². The lowest BCUT2D eigenvalue weighted by atomic mass is 9.97. The Hall–Kier alpha value is -1.29. The van der Waals surface area contributed by atoms with Crippen molar-refractivity contribution in [2.24, 2.45) is 5.92 Å². The number of carbonyl (C=O) groups is 1. The number of carbonyl (C=O) groups excluding carboxylic acids is 1. The molecule has 19 heavy (non-hydrogen) atoms. The topological polar surface area (TPSA) is 68.0 Å². The molecule has 1 amide bonds. The monoisotopic (exact) mass is 281 g/mol. The van der Waals surface area contributed by atoms with E-state index in [1.165, 1.54) is 12.8 Å². The van der Waals surface area contributed by atoms with Crippen LogP contribution in [0.4, 0.5) is 5.82 Å². The highest BCUT2D eigenvalue weighted by atomic mass is 35.5. The lowest BCUT2D eigenvalue weighted by Crippen LogP contribution is -2.39. The molecule has 0 radical (unpaired) electrons. The van der Waals surface area contributed by atoms with E-state index in [2.05, 4.69) is 17.2 Å². The van der Waals surface area contributed by atoms with Crippen LogP contribution in [0.1, 0.15) is 49.5 Å². The minimum Gasteiger partial charge on any atom is -0.384 e. The third-order valence-electron chi connectivity index (χ3n) is 3.76. The number of hydrogen-bond donors (Lipinski definition) is 2. The first-order valence-electron chi connectivity index (χ1n) is 6.81. The van der Waals surface area contributed by atoms with Crippen LogP contribution in [0, 0.1) is 5.92 Å². The predicted octanol–water partition coefficient (Wildman–Crippen LogP) is 3.02. The van der Waals surface area contributed by atoms with Gasteiger partial charge in [-0.2, -0.15) is 0 Å². The first kappa shape index (κ1) is 14.1. The van der Waals surface area contributed by atoms with Crippen LogP contribution in [0.5, 0.6) is 0 Å². The summed E-state index contributed by atoms with van der Waals surface area (Å²) in [5.74, 6) is 0.575. The van der Waals surface area contributed by atoms with Crippen molar-refractivity contribution in [3.05, 3.63) is 22.8 Å². The molecule has 0 aromatic carbocycles. The molecule has 1 aliphatic rings. The normalized spacial score (nSPS) is 23.7. The lowest BCUT2D eigenvalue weighted by Gasteiger charge is -2.22. The SMILES string of the molecule is CC1CCCCCC1NC(=O)c1nc(N)ccc1Cl. The first-order chi connectivity index (χ1) is 9.08. The smallest absolute Gasteiger partial charge is 0.271 e. The summed E-state index contributed by atoms with van der Waals surface area (Å²) in [5.41, 5.74) is 5.82. The molecule has 2 atom stereocenters. The second-order valence-corrected chi connectivity index (χ2v) is 5.67. The molecule has 0 saturated heterocycles. The van der Waals surface area contributed by atoms with Crippen molar-refractivity contribution in [2.45, 2.75) is 45.1 Å².